The molecule has 6 heteroatoms. The Balaban J connectivity index is 2.06. The lowest BCUT2D eigenvalue weighted by Crippen LogP contribution is -2.43. The van der Waals surface area contributed by atoms with Crippen molar-refractivity contribution in [1.82, 2.24) is 9.97 Å². The highest BCUT2D eigenvalue weighted by Gasteiger charge is 2.22. The van der Waals surface area contributed by atoms with Gasteiger partial charge in [0, 0.05) is 18.3 Å². The minimum atomic E-state index is -0.383. The van der Waals surface area contributed by atoms with Gasteiger partial charge in [-0.25, -0.2) is 14.8 Å². The van der Waals surface area contributed by atoms with Gasteiger partial charge in [0.2, 0.25) is 5.95 Å². The monoisotopic (exact) mass is 278 g/mol. The molecule has 0 amide bonds. The first-order valence-electron chi connectivity index (χ1n) is 7.14. The Morgan fingerprint density at radius 2 is 2.25 bits per heavy atom. The van der Waals surface area contributed by atoms with Crippen molar-refractivity contribution in [2.24, 2.45) is 5.73 Å². The van der Waals surface area contributed by atoms with E-state index in [0.29, 0.717) is 23.8 Å². The van der Waals surface area contributed by atoms with Gasteiger partial charge in [-0.1, -0.05) is 12.8 Å². The molecule has 0 bridgehead atoms. The van der Waals surface area contributed by atoms with Crippen LogP contribution >= 0.6 is 0 Å². The summed E-state index contributed by atoms with van der Waals surface area (Å²) in [5, 5.41) is 3.27. The average Bonchev–Trinajstić information content (AvgIpc) is 2.42. The molecule has 0 aliphatic heterocycles. The Labute approximate surface area is 119 Å². The van der Waals surface area contributed by atoms with Gasteiger partial charge in [-0.2, -0.15) is 0 Å². The molecule has 0 aromatic carbocycles. The number of carbonyl (C=O) groups is 1. The third-order valence-corrected chi connectivity index (χ3v) is 3.61. The Kier molecular flexibility index (Phi) is 4.89. The summed E-state index contributed by atoms with van der Waals surface area (Å²) in [4.78, 5) is 20.2. The van der Waals surface area contributed by atoms with Crippen molar-refractivity contribution < 1.29 is 9.53 Å². The van der Waals surface area contributed by atoms with Crippen molar-refractivity contribution >= 4 is 11.9 Å². The fourth-order valence-corrected chi connectivity index (χ4v) is 2.45. The number of carbonyl (C=O) groups excluding carboxylic acids is 1. The van der Waals surface area contributed by atoms with Gasteiger partial charge in [-0.05, 0) is 26.7 Å². The molecule has 1 heterocycles. The van der Waals surface area contributed by atoms with Crippen LogP contribution < -0.4 is 11.1 Å². The summed E-state index contributed by atoms with van der Waals surface area (Å²) in [5.41, 5.74) is 7.11. The molecule has 0 radical (unpaired) electrons. The predicted octanol–water partition coefficient (Wildman–Crippen LogP) is 1.64. The van der Waals surface area contributed by atoms with Gasteiger partial charge in [0.05, 0.1) is 17.9 Å². The summed E-state index contributed by atoms with van der Waals surface area (Å²) in [5.74, 6) is 0.142. The van der Waals surface area contributed by atoms with Gasteiger partial charge >= 0.3 is 5.97 Å². The minimum absolute atomic E-state index is 0.136. The number of hydrogen-bond acceptors (Lipinski definition) is 6. The second kappa shape index (κ2) is 6.65. The van der Waals surface area contributed by atoms with Crippen molar-refractivity contribution in [3.05, 3.63) is 17.5 Å². The first-order valence-corrected chi connectivity index (χ1v) is 7.14. The lowest BCUT2D eigenvalue weighted by Gasteiger charge is -2.29. The summed E-state index contributed by atoms with van der Waals surface area (Å²) in [6.45, 7) is 3.89. The fraction of sp³-hybridized carbons (Fsp3) is 0.643. The van der Waals surface area contributed by atoms with Gasteiger partial charge in [0.25, 0.3) is 0 Å². The molecule has 1 saturated carbocycles. The SMILES string of the molecule is CCOC(=O)c1cnc(N[C@@H]2CCCC[C@H]2N)nc1C. The van der Waals surface area contributed by atoms with Crippen molar-refractivity contribution in [3.63, 3.8) is 0 Å². The molecule has 2 rings (SSSR count). The molecule has 20 heavy (non-hydrogen) atoms. The van der Waals surface area contributed by atoms with E-state index in [1.165, 1.54) is 19.0 Å². The molecule has 110 valence electrons. The zero-order valence-electron chi connectivity index (χ0n) is 12.1. The van der Waals surface area contributed by atoms with Crippen LogP contribution in [0.1, 0.15) is 48.7 Å². The molecule has 1 aliphatic carbocycles. The number of rotatable bonds is 4. The van der Waals surface area contributed by atoms with E-state index in [1.54, 1.807) is 13.8 Å². The second-order valence-corrected chi connectivity index (χ2v) is 5.11. The zero-order chi connectivity index (χ0) is 14.5. The van der Waals surface area contributed by atoms with E-state index in [0.717, 1.165) is 12.8 Å². The van der Waals surface area contributed by atoms with Crippen LogP contribution in [0.3, 0.4) is 0 Å². The molecule has 6 nitrogen and oxygen atoms in total. The first-order chi connectivity index (χ1) is 9.61. The topological polar surface area (TPSA) is 90.1 Å². The fourth-order valence-electron chi connectivity index (χ4n) is 2.45. The van der Waals surface area contributed by atoms with Crippen LogP contribution in [-0.4, -0.2) is 34.6 Å². The van der Waals surface area contributed by atoms with Crippen LogP contribution in [0.2, 0.25) is 0 Å². The van der Waals surface area contributed by atoms with Gasteiger partial charge in [-0.3, -0.25) is 0 Å². The summed E-state index contributed by atoms with van der Waals surface area (Å²) >= 11 is 0. The molecule has 1 aromatic heterocycles. The van der Waals surface area contributed by atoms with E-state index in [2.05, 4.69) is 15.3 Å². The standard InChI is InChI=1S/C14H22N4O2/c1-3-20-13(19)10-8-16-14(17-9(10)2)18-12-7-5-4-6-11(12)15/h8,11-12H,3-7,15H2,1-2H3,(H,16,17,18)/t11-,12-/m1/s1. The number of nitrogens with two attached hydrogens (primary N) is 1. The molecule has 0 unspecified atom stereocenters. The maximum atomic E-state index is 11.7. The Bertz CT molecular complexity index is 478. The van der Waals surface area contributed by atoms with Crippen molar-refractivity contribution in [3.8, 4) is 0 Å². The maximum absolute atomic E-state index is 11.7. The average molecular weight is 278 g/mol. The van der Waals surface area contributed by atoms with Gasteiger partial charge in [0.1, 0.15) is 0 Å². The van der Waals surface area contributed by atoms with E-state index in [4.69, 9.17) is 10.5 Å². The van der Waals surface area contributed by atoms with Gasteiger partial charge in [0.15, 0.2) is 0 Å². The highest BCUT2D eigenvalue weighted by Crippen LogP contribution is 2.20. The lowest BCUT2D eigenvalue weighted by atomic mass is 9.91. The van der Waals surface area contributed by atoms with Crippen LogP contribution in [0, 0.1) is 6.92 Å². The molecular formula is C14H22N4O2. The van der Waals surface area contributed by atoms with E-state index in [9.17, 15) is 4.79 Å². The van der Waals surface area contributed by atoms with E-state index < -0.39 is 0 Å². The largest absolute Gasteiger partial charge is 0.462 e. The summed E-state index contributed by atoms with van der Waals surface area (Å²) in [6.07, 6.45) is 5.92. The number of hydrogen-bond donors (Lipinski definition) is 2. The number of ether oxygens (including phenoxy) is 1. The van der Waals surface area contributed by atoms with E-state index in [1.807, 2.05) is 0 Å². The van der Waals surface area contributed by atoms with Crippen molar-refractivity contribution in [2.45, 2.75) is 51.6 Å². The maximum Gasteiger partial charge on any atom is 0.341 e. The molecule has 3 N–H and O–H groups in total. The third kappa shape index (κ3) is 3.45. The number of anilines is 1. The predicted molar refractivity (Wildman–Crippen MR) is 76.6 cm³/mol. The molecule has 2 atom stereocenters. The summed E-state index contributed by atoms with van der Waals surface area (Å²) in [7, 11) is 0. The minimum Gasteiger partial charge on any atom is -0.462 e. The number of aromatic nitrogens is 2. The van der Waals surface area contributed by atoms with Crippen LogP contribution in [-0.2, 0) is 4.74 Å². The first kappa shape index (κ1) is 14.7. The van der Waals surface area contributed by atoms with E-state index in [-0.39, 0.29) is 18.1 Å². The molecule has 1 aromatic rings. The van der Waals surface area contributed by atoms with Gasteiger partial charge in [-0.15, -0.1) is 0 Å². The van der Waals surface area contributed by atoms with Crippen LogP contribution in [0.15, 0.2) is 6.20 Å². The number of esters is 1. The third-order valence-electron chi connectivity index (χ3n) is 3.61. The number of nitrogens with one attached hydrogen (secondary N) is 1. The second-order valence-electron chi connectivity index (χ2n) is 5.11. The molecule has 0 saturated heterocycles. The van der Waals surface area contributed by atoms with Crippen molar-refractivity contribution in [2.75, 3.05) is 11.9 Å². The van der Waals surface area contributed by atoms with Crippen molar-refractivity contribution in [1.29, 1.82) is 0 Å². The number of aryl methyl sites for hydroxylation is 1. The Morgan fingerprint density at radius 1 is 1.50 bits per heavy atom. The summed E-state index contributed by atoms with van der Waals surface area (Å²) < 4.78 is 4.96. The van der Waals surface area contributed by atoms with Crippen LogP contribution in [0.25, 0.3) is 0 Å². The van der Waals surface area contributed by atoms with E-state index >= 15 is 0 Å². The quantitative estimate of drug-likeness (QED) is 0.814. The normalized spacial score (nSPS) is 22.4. The molecule has 1 aliphatic rings. The highest BCUT2D eigenvalue weighted by molar-refractivity contribution is 5.90. The summed E-state index contributed by atoms with van der Waals surface area (Å²) in [6, 6.07) is 0.342. The highest BCUT2D eigenvalue weighted by atomic mass is 16.5. The van der Waals surface area contributed by atoms with Crippen LogP contribution in [0.5, 0.6) is 0 Å². The van der Waals surface area contributed by atoms with Gasteiger partial charge < -0.3 is 15.8 Å². The Morgan fingerprint density at radius 3 is 2.90 bits per heavy atom. The Hall–Kier alpha value is -1.69. The molecular weight excluding hydrogens is 256 g/mol. The lowest BCUT2D eigenvalue weighted by molar-refractivity contribution is 0.0524. The smallest absolute Gasteiger partial charge is 0.341 e. The zero-order valence-corrected chi connectivity index (χ0v) is 12.1. The number of nitrogens with zero attached hydrogens (tertiary/aromatic N) is 2. The van der Waals surface area contributed by atoms with Crippen LogP contribution in [0.4, 0.5) is 5.95 Å². The molecule has 0 spiro atoms. The molecule has 1 fully saturated rings.